The second-order valence-electron chi connectivity index (χ2n) is 5.25. The van der Waals surface area contributed by atoms with Crippen molar-refractivity contribution in [2.45, 2.75) is 26.2 Å². The van der Waals surface area contributed by atoms with Crippen LogP contribution in [-0.4, -0.2) is 14.9 Å². The first kappa shape index (κ1) is 12.8. The quantitative estimate of drug-likeness (QED) is 0.833. The Kier molecular flexibility index (Phi) is 2.99. The summed E-state index contributed by atoms with van der Waals surface area (Å²) < 4.78 is 1.59. The number of nitrogen functional groups attached to an aromatic ring is 1. The number of nitrogens with two attached hydrogens (primary N) is 1. The van der Waals surface area contributed by atoms with Crippen molar-refractivity contribution in [3.8, 4) is 11.4 Å². The minimum absolute atomic E-state index is 0.0152. The molecule has 0 unspecified atom stereocenters. The van der Waals surface area contributed by atoms with Gasteiger partial charge in [-0.1, -0.05) is 32.4 Å². The number of hydrogen-bond donors (Lipinski definition) is 2. The molecule has 0 aliphatic rings. The Balaban J connectivity index is 2.51. The molecule has 0 atom stereocenters. The van der Waals surface area contributed by atoms with Gasteiger partial charge in [0.2, 0.25) is 0 Å². The Bertz CT molecular complexity index is 584. The number of phenols is 1. The average Bonchev–Trinajstić information content (AvgIpc) is 2.64. The lowest BCUT2D eigenvalue weighted by molar-refractivity contribution is 0.475. The van der Waals surface area contributed by atoms with E-state index < -0.39 is 0 Å². The highest BCUT2D eigenvalue weighted by molar-refractivity contribution is 6.32. The number of aromatic nitrogens is 2. The first-order valence-corrected chi connectivity index (χ1v) is 6.02. The summed E-state index contributed by atoms with van der Waals surface area (Å²) in [7, 11) is 0. The smallest absolute Gasteiger partial charge is 0.136 e. The predicted octanol–water partition coefficient (Wildman–Crippen LogP) is 3.11. The number of aromatic hydroxyl groups is 1. The monoisotopic (exact) mass is 265 g/mol. The van der Waals surface area contributed by atoms with Crippen LogP contribution in [0.15, 0.2) is 24.3 Å². The maximum Gasteiger partial charge on any atom is 0.136 e. The van der Waals surface area contributed by atoms with E-state index in [2.05, 4.69) is 25.9 Å². The fraction of sp³-hybridized carbons (Fsp3) is 0.308. The van der Waals surface area contributed by atoms with Crippen LogP contribution < -0.4 is 5.73 Å². The van der Waals surface area contributed by atoms with Gasteiger partial charge in [-0.25, -0.2) is 4.68 Å². The van der Waals surface area contributed by atoms with Crippen molar-refractivity contribution >= 4 is 17.4 Å². The van der Waals surface area contributed by atoms with Gasteiger partial charge in [0.15, 0.2) is 0 Å². The predicted molar refractivity (Wildman–Crippen MR) is 73.4 cm³/mol. The number of benzene rings is 1. The normalized spacial score (nSPS) is 11.8. The molecule has 0 fully saturated rings. The van der Waals surface area contributed by atoms with E-state index in [-0.39, 0.29) is 11.2 Å². The van der Waals surface area contributed by atoms with Gasteiger partial charge in [-0.05, 0) is 12.1 Å². The number of anilines is 1. The lowest BCUT2D eigenvalue weighted by atomic mass is 9.92. The highest BCUT2D eigenvalue weighted by Gasteiger charge is 2.19. The van der Waals surface area contributed by atoms with Crippen LogP contribution in [0.4, 0.5) is 5.82 Å². The summed E-state index contributed by atoms with van der Waals surface area (Å²) in [5.74, 6) is 0.544. The minimum atomic E-state index is -0.0756. The largest absolute Gasteiger partial charge is 0.506 e. The van der Waals surface area contributed by atoms with Crippen molar-refractivity contribution in [1.82, 2.24) is 9.78 Å². The molecule has 1 aromatic carbocycles. The van der Waals surface area contributed by atoms with Crippen molar-refractivity contribution in [3.05, 3.63) is 35.0 Å². The lowest BCUT2D eigenvalue weighted by Gasteiger charge is -2.14. The molecule has 0 saturated carbocycles. The molecule has 0 spiro atoms. The highest BCUT2D eigenvalue weighted by Crippen LogP contribution is 2.28. The molecule has 1 heterocycles. The second kappa shape index (κ2) is 4.21. The summed E-state index contributed by atoms with van der Waals surface area (Å²) in [6.45, 7) is 6.20. The van der Waals surface area contributed by atoms with Gasteiger partial charge in [0.05, 0.1) is 16.4 Å². The standard InChI is InChI=1S/C13H16ClN3O/c1-13(2,3)11-7-12(15)17(16-11)8-4-5-9(14)10(18)6-8/h4-7,18H,15H2,1-3H3. The Morgan fingerprint density at radius 3 is 2.44 bits per heavy atom. The van der Waals surface area contributed by atoms with Gasteiger partial charge in [0.1, 0.15) is 11.6 Å². The van der Waals surface area contributed by atoms with Crippen molar-refractivity contribution in [1.29, 1.82) is 0 Å². The Labute approximate surface area is 111 Å². The lowest BCUT2D eigenvalue weighted by Crippen LogP contribution is -2.12. The van der Waals surface area contributed by atoms with Crippen LogP contribution in [0.25, 0.3) is 5.69 Å². The molecule has 0 aliphatic heterocycles. The van der Waals surface area contributed by atoms with Crippen LogP contribution >= 0.6 is 11.6 Å². The molecule has 0 amide bonds. The molecule has 5 heteroatoms. The van der Waals surface area contributed by atoms with Gasteiger partial charge in [-0.2, -0.15) is 5.10 Å². The molecule has 1 aromatic heterocycles. The van der Waals surface area contributed by atoms with E-state index in [0.717, 1.165) is 5.69 Å². The van der Waals surface area contributed by atoms with Crippen molar-refractivity contribution in [3.63, 3.8) is 0 Å². The maximum absolute atomic E-state index is 9.61. The van der Waals surface area contributed by atoms with E-state index in [0.29, 0.717) is 16.5 Å². The van der Waals surface area contributed by atoms with Gasteiger partial charge in [-0.15, -0.1) is 0 Å². The fourth-order valence-electron chi connectivity index (χ4n) is 1.60. The van der Waals surface area contributed by atoms with Crippen molar-refractivity contribution < 1.29 is 5.11 Å². The number of nitrogens with zero attached hydrogens (tertiary/aromatic N) is 2. The summed E-state index contributed by atoms with van der Waals surface area (Å²) in [4.78, 5) is 0. The van der Waals surface area contributed by atoms with Gasteiger partial charge in [-0.3, -0.25) is 0 Å². The Morgan fingerprint density at radius 2 is 1.94 bits per heavy atom. The SMILES string of the molecule is CC(C)(C)c1cc(N)n(-c2ccc(Cl)c(O)c2)n1. The second-order valence-corrected chi connectivity index (χ2v) is 5.66. The molecule has 0 aliphatic carbocycles. The first-order valence-electron chi connectivity index (χ1n) is 5.64. The van der Waals surface area contributed by atoms with E-state index in [1.807, 2.05) is 6.07 Å². The molecule has 2 aromatic rings. The number of hydrogen-bond acceptors (Lipinski definition) is 3. The molecular weight excluding hydrogens is 250 g/mol. The molecule has 18 heavy (non-hydrogen) atoms. The average molecular weight is 266 g/mol. The Morgan fingerprint density at radius 1 is 1.28 bits per heavy atom. The van der Waals surface area contributed by atoms with E-state index in [9.17, 15) is 5.11 Å². The van der Waals surface area contributed by atoms with E-state index in [4.69, 9.17) is 17.3 Å². The maximum atomic E-state index is 9.61. The van der Waals surface area contributed by atoms with E-state index >= 15 is 0 Å². The molecule has 0 bridgehead atoms. The van der Waals surface area contributed by atoms with Crippen molar-refractivity contribution in [2.75, 3.05) is 5.73 Å². The third kappa shape index (κ3) is 2.29. The molecule has 3 N–H and O–H groups in total. The van der Waals surface area contributed by atoms with Crippen LogP contribution in [-0.2, 0) is 5.41 Å². The fourth-order valence-corrected chi connectivity index (χ4v) is 1.72. The number of phenolic OH excluding ortho intramolecular Hbond substituents is 1. The molecule has 0 saturated heterocycles. The summed E-state index contributed by atoms with van der Waals surface area (Å²) in [6.07, 6.45) is 0. The molecule has 2 rings (SSSR count). The number of rotatable bonds is 1. The van der Waals surface area contributed by atoms with Crippen molar-refractivity contribution in [2.24, 2.45) is 0 Å². The zero-order valence-electron chi connectivity index (χ0n) is 10.6. The van der Waals surface area contributed by atoms with Gasteiger partial charge in [0.25, 0.3) is 0 Å². The number of halogens is 1. The van der Waals surface area contributed by atoms with Gasteiger partial charge in [0, 0.05) is 17.5 Å². The third-order valence-corrected chi connectivity index (χ3v) is 3.00. The molecule has 4 nitrogen and oxygen atoms in total. The summed E-state index contributed by atoms with van der Waals surface area (Å²) in [5, 5.41) is 14.4. The third-order valence-electron chi connectivity index (χ3n) is 2.68. The van der Waals surface area contributed by atoms with E-state index in [1.54, 1.807) is 16.8 Å². The Hall–Kier alpha value is -1.68. The van der Waals surface area contributed by atoms with Gasteiger partial charge >= 0.3 is 0 Å². The van der Waals surface area contributed by atoms with Crippen LogP contribution in [0, 0.1) is 0 Å². The van der Waals surface area contributed by atoms with Crippen LogP contribution in [0.2, 0.25) is 5.02 Å². The zero-order valence-corrected chi connectivity index (χ0v) is 11.4. The topological polar surface area (TPSA) is 64.1 Å². The first-order chi connectivity index (χ1) is 8.29. The van der Waals surface area contributed by atoms with Crippen LogP contribution in [0.1, 0.15) is 26.5 Å². The van der Waals surface area contributed by atoms with E-state index in [1.165, 1.54) is 6.07 Å². The van der Waals surface area contributed by atoms with Gasteiger partial charge < -0.3 is 10.8 Å². The highest BCUT2D eigenvalue weighted by atomic mass is 35.5. The summed E-state index contributed by atoms with van der Waals surface area (Å²) >= 11 is 5.77. The molecular formula is C13H16ClN3O. The molecule has 96 valence electrons. The summed E-state index contributed by atoms with van der Waals surface area (Å²) in [6, 6.07) is 6.76. The van der Waals surface area contributed by atoms with Crippen LogP contribution in [0.5, 0.6) is 5.75 Å². The molecule has 0 radical (unpaired) electrons. The van der Waals surface area contributed by atoms with Crippen LogP contribution in [0.3, 0.4) is 0 Å². The minimum Gasteiger partial charge on any atom is -0.506 e. The zero-order chi connectivity index (χ0) is 13.5. The summed E-state index contributed by atoms with van der Waals surface area (Å²) in [5.41, 5.74) is 7.45.